The number of halogens is 2. The van der Waals surface area contributed by atoms with Crippen LogP contribution in [-0.4, -0.2) is 77.3 Å². The normalized spacial score (nSPS) is 14.4. The van der Waals surface area contributed by atoms with Crippen molar-refractivity contribution >= 4 is 60.9 Å². The average Bonchev–Trinajstić information content (AvgIpc) is 3.99. The summed E-state index contributed by atoms with van der Waals surface area (Å²) >= 11 is 3.66. The minimum Gasteiger partial charge on any atom is -0.497 e. The fourth-order valence-electron chi connectivity index (χ4n) is 9.08. The van der Waals surface area contributed by atoms with Crippen molar-refractivity contribution in [3.63, 3.8) is 0 Å². The van der Waals surface area contributed by atoms with E-state index in [1.807, 2.05) is 81.1 Å². The van der Waals surface area contributed by atoms with Crippen LogP contribution in [0.2, 0.25) is 0 Å². The van der Waals surface area contributed by atoms with E-state index in [2.05, 4.69) is 49.3 Å². The number of ether oxygens (including phenoxy) is 4. The lowest BCUT2D eigenvalue weighted by atomic mass is 10.0. The molecule has 0 radical (unpaired) electrons. The van der Waals surface area contributed by atoms with E-state index in [-0.39, 0.29) is 17.3 Å². The minimum atomic E-state index is -0.511. The first-order valence-electron chi connectivity index (χ1n) is 24.1. The Bertz CT molecular complexity index is 2920. The highest BCUT2D eigenvalue weighted by molar-refractivity contribution is 9.10. The second-order valence-electron chi connectivity index (χ2n) is 18.0. The lowest BCUT2D eigenvalue weighted by Crippen LogP contribution is -2.22. The number of benzene rings is 5. The predicted molar refractivity (Wildman–Crippen MR) is 275 cm³/mol. The Balaban J connectivity index is 0.000000192. The topological polar surface area (TPSA) is 131 Å². The van der Waals surface area contributed by atoms with Crippen molar-refractivity contribution in [2.24, 2.45) is 11.8 Å². The number of aryl methyl sites for hydroxylation is 2. The van der Waals surface area contributed by atoms with E-state index in [1.54, 1.807) is 18.5 Å². The molecule has 2 fully saturated rings. The lowest BCUT2D eigenvalue weighted by Gasteiger charge is -2.23. The Kier molecular flexibility index (Phi) is 16.5. The van der Waals surface area contributed by atoms with Gasteiger partial charge in [-0.2, -0.15) is 0 Å². The first-order chi connectivity index (χ1) is 33.5. The number of hydrogen-bond donors (Lipinski definition) is 2. The first-order valence-corrected chi connectivity index (χ1v) is 24.9. The minimum absolute atomic E-state index is 0.103. The molecule has 4 heterocycles. The van der Waals surface area contributed by atoms with Crippen LogP contribution in [0, 0.1) is 31.5 Å². The number of carbonyl (C=O) groups excluding carboxylic acids is 2. The maximum atomic E-state index is 14.7. The van der Waals surface area contributed by atoms with Gasteiger partial charge in [0.2, 0.25) is 0 Å². The van der Waals surface area contributed by atoms with Crippen LogP contribution in [0.4, 0.5) is 15.8 Å². The molecule has 2 aliphatic heterocycles. The van der Waals surface area contributed by atoms with Crippen molar-refractivity contribution in [3.05, 3.63) is 124 Å². The van der Waals surface area contributed by atoms with Crippen molar-refractivity contribution in [1.29, 1.82) is 0 Å². The zero-order valence-electron chi connectivity index (χ0n) is 40.2. The Morgan fingerprint density at radius 3 is 1.67 bits per heavy atom. The van der Waals surface area contributed by atoms with Gasteiger partial charge in [0.15, 0.2) is 23.1 Å². The summed E-state index contributed by atoms with van der Waals surface area (Å²) in [6.45, 7) is 12.9. The van der Waals surface area contributed by atoms with Crippen LogP contribution in [0.5, 0.6) is 17.2 Å². The van der Waals surface area contributed by atoms with Crippen molar-refractivity contribution in [3.8, 4) is 28.6 Å². The molecule has 2 N–H and O–H groups in total. The number of nitrogens with one attached hydrogen (secondary N) is 2. The Morgan fingerprint density at radius 1 is 0.681 bits per heavy atom. The van der Waals surface area contributed by atoms with E-state index in [4.69, 9.17) is 28.9 Å². The van der Waals surface area contributed by atoms with Gasteiger partial charge in [0.1, 0.15) is 35.2 Å². The van der Waals surface area contributed by atoms with E-state index < -0.39 is 5.82 Å². The van der Waals surface area contributed by atoms with Crippen LogP contribution in [0.3, 0.4) is 0 Å². The van der Waals surface area contributed by atoms with Gasteiger partial charge in [-0.3, -0.25) is 18.7 Å². The number of carbonyl (C=O) groups is 2. The maximum Gasteiger partial charge on any atom is 0.169 e. The van der Waals surface area contributed by atoms with Crippen molar-refractivity contribution in [2.45, 2.75) is 79.1 Å². The highest BCUT2D eigenvalue weighted by Gasteiger charge is 2.20. The number of Topliss-reactive ketones (excluding diaryl/α,β-unsaturated/α-hetero) is 2. The third kappa shape index (κ3) is 11.9. The molecule has 5 aromatic carbocycles. The number of methoxy groups -OCH3 is 1. The number of aromatic nitrogens is 4. The molecule has 0 atom stereocenters. The zero-order valence-corrected chi connectivity index (χ0v) is 41.8. The fourth-order valence-corrected chi connectivity index (χ4v) is 9.53. The summed E-state index contributed by atoms with van der Waals surface area (Å²) in [5, 5.41) is 7.17. The molecule has 12 nitrogen and oxygen atoms in total. The first kappa shape index (κ1) is 49.3. The van der Waals surface area contributed by atoms with Crippen LogP contribution in [0.1, 0.15) is 97.1 Å². The van der Waals surface area contributed by atoms with Crippen molar-refractivity contribution in [2.75, 3.05) is 57.3 Å². The molecule has 9 rings (SSSR count). The second-order valence-corrected chi connectivity index (χ2v) is 18.9. The molecule has 2 aromatic heterocycles. The lowest BCUT2D eigenvalue weighted by molar-refractivity contribution is 0.0698. The van der Waals surface area contributed by atoms with E-state index in [9.17, 15) is 14.0 Å². The number of hydrogen-bond acceptors (Lipinski definition) is 10. The summed E-state index contributed by atoms with van der Waals surface area (Å²) in [7, 11) is 1.49. The fraction of sp³-hybridized carbons (Fsp3) is 0.382. The third-order valence-corrected chi connectivity index (χ3v) is 13.4. The largest absolute Gasteiger partial charge is 0.497 e. The maximum absolute atomic E-state index is 14.7. The quantitative estimate of drug-likeness (QED) is 0.0850. The van der Waals surface area contributed by atoms with E-state index in [0.717, 1.165) is 150 Å². The molecule has 0 spiro atoms. The average molecular weight is 1000 g/mol. The third-order valence-electron chi connectivity index (χ3n) is 13.0. The summed E-state index contributed by atoms with van der Waals surface area (Å²) in [4.78, 5) is 34.3. The smallest absolute Gasteiger partial charge is 0.169 e. The van der Waals surface area contributed by atoms with Crippen LogP contribution in [0.15, 0.2) is 96.0 Å². The number of anilines is 2. The monoisotopic (exact) mass is 1000 g/mol. The molecule has 0 amide bonds. The summed E-state index contributed by atoms with van der Waals surface area (Å²) in [5.74, 6) is 1.97. The molecule has 0 bridgehead atoms. The molecule has 0 saturated carbocycles. The van der Waals surface area contributed by atoms with Gasteiger partial charge in [-0.1, -0.05) is 29.8 Å². The van der Waals surface area contributed by atoms with E-state index in [1.165, 1.54) is 13.2 Å². The van der Waals surface area contributed by atoms with Gasteiger partial charge in [-0.05, 0) is 136 Å². The van der Waals surface area contributed by atoms with Crippen LogP contribution < -0.4 is 20.1 Å². The standard InChI is InChI=1S/C31H34FN3O4.C24H28BrN3O2/c1-4-5-29(36)25-8-6-22(14-20(25)2)35-19-34-31-27(33-18-21-10-12-38-13-11-21)16-24(17-28(31)35)39-30-9-7-23(37-3)15-26(30)32;1-3-4-23(29)20-6-5-19(11-16(20)2)28-15-27-24-21(12-18(25)13-22(24)28)26-14-17-7-9-30-10-8-17/h6-9,14-17,19,21,33H,4-5,10-13,18H2,1-3H3;5-6,11-13,15,17,26H,3-4,7-10,14H2,1-2H3. The van der Waals surface area contributed by atoms with Crippen LogP contribution in [0.25, 0.3) is 33.4 Å². The summed E-state index contributed by atoms with van der Waals surface area (Å²) in [5.41, 5.74) is 10.8. The van der Waals surface area contributed by atoms with Gasteiger partial charge in [0.05, 0.1) is 29.5 Å². The van der Waals surface area contributed by atoms with Gasteiger partial charge >= 0.3 is 0 Å². The highest BCUT2D eigenvalue weighted by atomic mass is 79.9. The number of nitrogens with zero attached hydrogens (tertiary/aromatic N) is 4. The molecular weight excluding hydrogens is 940 g/mol. The zero-order chi connectivity index (χ0) is 48.4. The van der Waals surface area contributed by atoms with E-state index >= 15 is 0 Å². The SMILES string of the molecule is CCCC(=O)c1ccc(-n2cnc3c(NCC4CCOCC4)cc(Br)cc32)cc1C.CCCC(=O)c1ccc(-n2cnc3c(NCC4CCOCC4)cc(Oc4ccc(OC)cc4F)cc32)cc1C. The number of fused-ring (bicyclic) bond motifs is 2. The number of imidazole rings is 2. The second kappa shape index (κ2) is 23.0. The van der Waals surface area contributed by atoms with Crippen LogP contribution in [-0.2, 0) is 9.47 Å². The molecule has 14 heteroatoms. The van der Waals surface area contributed by atoms with Gasteiger partial charge < -0.3 is 29.6 Å². The number of rotatable bonds is 17. The Hall–Kier alpha value is -6.09. The summed E-state index contributed by atoms with van der Waals surface area (Å²) in [6, 6.07) is 24.2. The van der Waals surface area contributed by atoms with E-state index in [0.29, 0.717) is 36.2 Å². The highest BCUT2D eigenvalue weighted by Crippen LogP contribution is 2.36. The van der Waals surface area contributed by atoms with Gasteiger partial charge in [-0.15, -0.1) is 0 Å². The number of ketones is 2. The molecule has 362 valence electrons. The summed E-state index contributed by atoms with van der Waals surface area (Å²) in [6.07, 6.45) is 10.6. The van der Waals surface area contributed by atoms with Crippen molar-refractivity contribution < 1.29 is 32.9 Å². The Labute approximate surface area is 412 Å². The van der Waals surface area contributed by atoms with Crippen molar-refractivity contribution in [1.82, 2.24) is 19.1 Å². The predicted octanol–water partition coefficient (Wildman–Crippen LogP) is 13.0. The molecule has 69 heavy (non-hydrogen) atoms. The molecule has 0 aliphatic carbocycles. The summed E-state index contributed by atoms with van der Waals surface area (Å²) < 4.78 is 41.9. The molecule has 7 aromatic rings. The Morgan fingerprint density at radius 2 is 1.19 bits per heavy atom. The molecular formula is C55H62BrFN6O6. The van der Waals surface area contributed by atoms with Gasteiger partial charge in [0.25, 0.3) is 0 Å². The molecule has 2 aliphatic rings. The van der Waals surface area contributed by atoms with Gasteiger partial charge in [0, 0.05) is 97.5 Å². The molecule has 2 saturated heterocycles. The molecule has 0 unspecified atom stereocenters. The van der Waals surface area contributed by atoms with Crippen LogP contribution >= 0.6 is 15.9 Å². The van der Waals surface area contributed by atoms with Gasteiger partial charge in [-0.25, -0.2) is 14.4 Å².